The van der Waals surface area contributed by atoms with E-state index in [0.29, 0.717) is 0 Å². The smallest absolute Gasteiger partial charge is 0.119 e. The van der Waals surface area contributed by atoms with Crippen molar-refractivity contribution in [1.82, 2.24) is 0 Å². The summed E-state index contributed by atoms with van der Waals surface area (Å²) < 4.78 is 6.58. The van der Waals surface area contributed by atoms with E-state index < -0.39 is 0 Å². The standard InChI is InChI=1S/C18H17ClOS/c1-2-3-10-20-16-7-6-13-11-15(5-4-14(13)12-16)17-8-9-18(19)21-17/h4-9,11-12H,2-3,10H2,1H3. The van der Waals surface area contributed by atoms with Crippen LogP contribution in [-0.2, 0) is 0 Å². The average Bonchev–Trinajstić information content (AvgIpc) is 2.93. The van der Waals surface area contributed by atoms with Crippen LogP contribution in [0.1, 0.15) is 19.8 Å². The zero-order valence-electron chi connectivity index (χ0n) is 11.9. The van der Waals surface area contributed by atoms with Gasteiger partial charge in [-0.1, -0.05) is 43.1 Å². The van der Waals surface area contributed by atoms with Gasteiger partial charge in [0.05, 0.1) is 10.9 Å². The topological polar surface area (TPSA) is 9.23 Å². The number of ether oxygens (including phenoxy) is 1. The molecule has 1 nitrogen and oxygen atoms in total. The van der Waals surface area contributed by atoms with Crippen LogP contribution in [0.25, 0.3) is 21.2 Å². The van der Waals surface area contributed by atoms with Crippen molar-refractivity contribution in [3.05, 3.63) is 52.9 Å². The molecule has 3 rings (SSSR count). The van der Waals surface area contributed by atoms with Crippen LogP contribution in [0.3, 0.4) is 0 Å². The highest BCUT2D eigenvalue weighted by Crippen LogP contribution is 2.33. The first-order valence-corrected chi connectivity index (χ1v) is 8.38. The van der Waals surface area contributed by atoms with Crippen LogP contribution in [0, 0.1) is 0 Å². The van der Waals surface area contributed by atoms with Gasteiger partial charge in [-0.2, -0.15) is 0 Å². The summed E-state index contributed by atoms with van der Waals surface area (Å²) in [5.41, 5.74) is 1.21. The third-order valence-electron chi connectivity index (χ3n) is 3.44. The fourth-order valence-electron chi connectivity index (χ4n) is 2.27. The van der Waals surface area contributed by atoms with Crippen LogP contribution in [0.4, 0.5) is 0 Å². The Labute approximate surface area is 134 Å². The van der Waals surface area contributed by atoms with Gasteiger partial charge in [-0.05, 0) is 53.1 Å². The summed E-state index contributed by atoms with van der Waals surface area (Å²) in [6, 6.07) is 16.8. The molecule has 2 aromatic carbocycles. The number of hydrogen-bond donors (Lipinski definition) is 0. The largest absolute Gasteiger partial charge is 0.494 e. The fraction of sp³-hybridized carbons (Fsp3) is 0.222. The van der Waals surface area contributed by atoms with E-state index in [1.165, 1.54) is 21.2 Å². The molecule has 0 unspecified atom stereocenters. The van der Waals surface area contributed by atoms with Gasteiger partial charge in [-0.3, -0.25) is 0 Å². The molecular weight excluding hydrogens is 300 g/mol. The number of fused-ring (bicyclic) bond motifs is 1. The number of hydrogen-bond acceptors (Lipinski definition) is 2. The molecule has 21 heavy (non-hydrogen) atoms. The predicted octanol–water partition coefficient (Wildman–Crippen LogP) is 6.40. The van der Waals surface area contributed by atoms with E-state index in [1.54, 1.807) is 11.3 Å². The molecule has 0 amide bonds. The van der Waals surface area contributed by atoms with E-state index in [9.17, 15) is 0 Å². The summed E-state index contributed by atoms with van der Waals surface area (Å²) in [6.07, 6.45) is 2.25. The summed E-state index contributed by atoms with van der Waals surface area (Å²) in [4.78, 5) is 1.20. The minimum absolute atomic E-state index is 0.786. The van der Waals surface area contributed by atoms with E-state index in [4.69, 9.17) is 16.3 Å². The molecule has 0 N–H and O–H groups in total. The quantitative estimate of drug-likeness (QED) is 0.495. The van der Waals surface area contributed by atoms with Crippen molar-refractivity contribution >= 4 is 33.7 Å². The van der Waals surface area contributed by atoms with E-state index in [-0.39, 0.29) is 0 Å². The Balaban J connectivity index is 1.87. The second kappa shape index (κ2) is 6.50. The SMILES string of the molecule is CCCCOc1ccc2cc(-c3ccc(Cl)s3)ccc2c1. The van der Waals surface area contributed by atoms with Gasteiger partial charge < -0.3 is 4.74 Å². The van der Waals surface area contributed by atoms with Crippen LogP contribution in [0.15, 0.2) is 48.5 Å². The Hall–Kier alpha value is -1.51. The third kappa shape index (κ3) is 3.39. The molecule has 1 heterocycles. The van der Waals surface area contributed by atoms with Crippen molar-refractivity contribution in [2.45, 2.75) is 19.8 Å². The number of thiophene rings is 1. The van der Waals surface area contributed by atoms with Gasteiger partial charge in [0.15, 0.2) is 0 Å². The molecule has 0 radical (unpaired) electrons. The summed E-state index contributed by atoms with van der Waals surface area (Å²) in [6.45, 7) is 2.95. The Morgan fingerprint density at radius 2 is 1.81 bits per heavy atom. The zero-order valence-corrected chi connectivity index (χ0v) is 13.5. The van der Waals surface area contributed by atoms with Crippen LogP contribution in [-0.4, -0.2) is 6.61 Å². The van der Waals surface area contributed by atoms with Crippen molar-refractivity contribution in [2.24, 2.45) is 0 Å². The average molecular weight is 317 g/mol. The maximum Gasteiger partial charge on any atom is 0.119 e. The van der Waals surface area contributed by atoms with Gasteiger partial charge in [0.25, 0.3) is 0 Å². The summed E-state index contributed by atoms with van der Waals surface area (Å²) in [5.74, 6) is 0.947. The lowest BCUT2D eigenvalue weighted by Crippen LogP contribution is -1.95. The predicted molar refractivity (Wildman–Crippen MR) is 92.7 cm³/mol. The molecule has 0 aliphatic rings. The Bertz CT molecular complexity index is 748. The molecule has 0 saturated carbocycles. The van der Waals surface area contributed by atoms with Crippen molar-refractivity contribution in [2.75, 3.05) is 6.61 Å². The van der Waals surface area contributed by atoms with Crippen LogP contribution >= 0.6 is 22.9 Å². The maximum atomic E-state index is 6.01. The lowest BCUT2D eigenvalue weighted by molar-refractivity contribution is 0.310. The van der Waals surface area contributed by atoms with Gasteiger partial charge in [0.2, 0.25) is 0 Å². The molecule has 0 aliphatic carbocycles. The van der Waals surface area contributed by atoms with Crippen LogP contribution in [0.2, 0.25) is 4.34 Å². The van der Waals surface area contributed by atoms with E-state index in [2.05, 4.69) is 43.3 Å². The van der Waals surface area contributed by atoms with Crippen molar-refractivity contribution in [3.63, 3.8) is 0 Å². The summed E-state index contributed by atoms with van der Waals surface area (Å²) in [5, 5.41) is 2.43. The lowest BCUT2D eigenvalue weighted by Gasteiger charge is -2.07. The normalized spacial score (nSPS) is 11.0. The molecule has 1 aromatic heterocycles. The van der Waals surface area contributed by atoms with Crippen molar-refractivity contribution in [1.29, 1.82) is 0 Å². The van der Waals surface area contributed by atoms with E-state index >= 15 is 0 Å². The van der Waals surface area contributed by atoms with Crippen molar-refractivity contribution in [3.8, 4) is 16.2 Å². The first-order valence-electron chi connectivity index (χ1n) is 7.18. The molecular formula is C18H17ClOS. The third-order valence-corrected chi connectivity index (χ3v) is 4.72. The highest BCUT2D eigenvalue weighted by atomic mass is 35.5. The number of rotatable bonds is 5. The lowest BCUT2D eigenvalue weighted by atomic mass is 10.1. The summed E-state index contributed by atoms with van der Waals surface area (Å²) in [7, 11) is 0. The van der Waals surface area contributed by atoms with Crippen molar-refractivity contribution < 1.29 is 4.74 Å². The van der Waals surface area contributed by atoms with Gasteiger partial charge in [-0.25, -0.2) is 0 Å². The number of halogens is 1. The first-order chi connectivity index (χ1) is 10.3. The van der Waals surface area contributed by atoms with E-state index in [1.807, 2.05) is 12.1 Å². The van der Waals surface area contributed by atoms with Gasteiger partial charge in [0, 0.05) is 4.88 Å². The Kier molecular flexibility index (Phi) is 4.47. The molecule has 108 valence electrons. The minimum Gasteiger partial charge on any atom is -0.494 e. The van der Waals surface area contributed by atoms with E-state index in [0.717, 1.165) is 29.5 Å². The minimum atomic E-state index is 0.786. The first kappa shape index (κ1) is 14.4. The summed E-state index contributed by atoms with van der Waals surface area (Å²) >= 11 is 7.62. The van der Waals surface area contributed by atoms with Gasteiger partial charge in [0.1, 0.15) is 5.75 Å². The monoisotopic (exact) mass is 316 g/mol. The second-order valence-electron chi connectivity index (χ2n) is 5.03. The maximum absolute atomic E-state index is 6.01. The molecule has 3 heteroatoms. The Morgan fingerprint density at radius 1 is 1.00 bits per heavy atom. The van der Waals surface area contributed by atoms with Crippen LogP contribution < -0.4 is 4.74 Å². The fourth-order valence-corrected chi connectivity index (χ4v) is 3.31. The molecule has 0 saturated heterocycles. The highest BCUT2D eigenvalue weighted by molar-refractivity contribution is 7.19. The molecule has 0 spiro atoms. The van der Waals surface area contributed by atoms with Gasteiger partial charge in [-0.15, -0.1) is 11.3 Å². The molecule has 0 fully saturated rings. The second-order valence-corrected chi connectivity index (χ2v) is 6.74. The molecule has 0 aliphatic heterocycles. The molecule has 0 atom stereocenters. The molecule has 0 bridgehead atoms. The molecule has 3 aromatic rings. The number of benzene rings is 2. The van der Waals surface area contributed by atoms with Gasteiger partial charge >= 0.3 is 0 Å². The van der Waals surface area contributed by atoms with Crippen LogP contribution in [0.5, 0.6) is 5.75 Å². The highest BCUT2D eigenvalue weighted by Gasteiger charge is 2.04. The Morgan fingerprint density at radius 3 is 2.57 bits per heavy atom. The number of unbranched alkanes of at least 4 members (excludes halogenated alkanes) is 1. The zero-order chi connectivity index (χ0) is 14.7.